The summed E-state index contributed by atoms with van der Waals surface area (Å²) in [6.45, 7) is 3.99. The molecule has 2 saturated heterocycles. The van der Waals surface area contributed by atoms with Crippen molar-refractivity contribution in [3.05, 3.63) is 0 Å². The Morgan fingerprint density at radius 3 is 2.47 bits per heavy atom. The fraction of sp³-hybridized carbons (Fsp3) is 0.909. The fourth-order valence-corrected chi connectivity index (χ4v) is 5.91. The molecule has 0 amide bonds. The van der Waals surface area contributed by atoms with Crippen LogP contribution in [0.25, 0.3) is 0 Å². The SMILES string of the molecule is CC1COC(C(=O)O)(C2SCCS2)C(C)C1O. The van der Waals surface area contributed by atoms with E-state index < -0.39 is 17.7 Å². The zero-order valence-corrected chi connectivity index (χ0v) is 11.6. The summed E-state index contributed by atoms with van der Waals surface area (Å²) in [6.07, 6.45) is -0.610. The van der Waals surface area contributed by atoms with Gasteiger partial charge in [0.1, 0.15) is 0 Å². The molecule has 0 spiro atoms. The van der Waals surface area contributed by atoms with Crippen molar-refractivity contribution in [2.24, 2.45) is 11.8 Å². The molecule has 0 aromatic rings. The van der Waals surface area contributed by atoms with Crippen molar-refractivity contribution >= 4 is 29.5 Å². The van der Waals surface area contributed by atoms with Crippen molar-refractivity contribution in [3.8, 4) is 0 Å². The Bertz CT molecular complexity index is 306. The van der Waals surface area contributed by atoms with Gasteiger partial charge in [0.05, 0.1) is 17.3 Å². The van der Waals surface area contributed by atoms with Crippen LogP contribution in [0.15, 0.2) is 0 Å². The van der Waals surface area contributed by atoms with Crippen LogP contribution in [-0.4, -0.2) is 50.6 Å². The first-order chi connectivity index (χ1) is 8.00. The molecule has 2 heterocycles. The summed E-state index contributed by atoms with van der Waals surface area (Å²) in [6, 6.07) is 0. The highest BCUT2D eigenvalue weighted by Crippen LogP contribution is 2.48. The Morgan fingerprint density at radius 2 is 1.94 bits per heavy atom. The quantitative estimate of drug-likeness (QED) is 0.793. The second-order valence-corrected chi connectivity index (χ2v) is 7.46. The zero-order chi connectivity index (χ0) is 12.6. The molecule has 0 aromatic heterocycles. The molecule has 2 aliphatic rings. The molecule has 98 valence electrons. The number of aliphatic hydroxyl groups excluding tert-OH is 1. The van der Waals surface area contributed by atoms with Crippen LogP contribution in [0, 0.1) is 11.8 Å². The van der Waals surface area contributed by atoms with Gasteiger partial charge in [0.15, 0.2) is 5.60 Å². The summed E-state index contributed by atoms with van der Waals surface area (Å²) in [5.41, 5.74) is -1.24. The standard InChI is InChI=1S/C11H18O4S2/c1-6-5-15-11(9(13)14,7(2)8(6)12)10-16-3-4-17-10/h6-8,10,12H,3-5H2,1-2H3,(H,13,14). The largest absolute Gasteiger partial charge is 0.479 e. The number of hydrogen-bond acceptors (Lipinski definition) is 5. The molecule has 4 nitrogen and oxygen atoms in total. The van der Waals surface area contributed by atoms with Crippen LogP contribution in [0.3, 0.4) is 0 Å². The van der Waals surface area contributed by atoms with Gasteiger partial charge in [-0.05, 0) is 0 Å². The lowest BCUT2D eigenvalue weighted by atomic mass is 9.78. The maximum Gasteiger partial charge on any atom is 0.338 e. The molecule has 0 aliphatic carbocycles. The maximum absolute atomic E-state index is 11.7. The predicted molar refractivity (Wildman–Crippen MR) is 69.4 cm³/mol. The number of hydrogen-bond donors (Lipinski definition) is 2. The molecule has 2 fully saturated rings. The van der Waals surface area contributed by atoms with Gasteiger partial charge in [0, 0.05) is 23.3 Å². The van der Waals surface area contributed by atoms with Gasteiger partial charge in [-0.25, -0.2) is 4.79 Å². The highest BCUT2D eigenvalue weighted by molar-refractivity contribution is 8.20. The Hall–Kier alpha value is 0.0900. The minimum atomic E-state index is -1.24. The minimum Gasteiger partial charge on any atom is -0.479 e. The molecule has 0 radical (unpaired) electrons. The molecule has 6 heteroatoms. The molecule has 0 aromatic carbocycles. The minimum absolute atomic E-state index is 0.00567. The lowest BCUT2D eigenvalue weighted by Crippen LogP contribution is -2.62. The summed E-state index contributed by atoms with van der Waals surface area (Å²) >= 11 is 3.26. The molecule has 2 aliphatic heterocycles. The first-order valence-corrected chi connectivity index (χ1v) is 7.88. The van der Waals surface area contributed by atoms with Gasteiger partial charge in [-0.3, -0.25) is 0 Å². The van der Waals surface area contributed by atoms with Crippen molar-refractivity contribution in [1.29, 1.82) is 0 Å². The van der Waals surface area contributed by atoms with Gasteiger partial charge in [-0.15, -0.1) is 23.5 Å². The van der Waals surface area contributed by atoms with E-state index in [2.05, 4.69) is 0 Å². The summed E-state index contributed by atoms with van der Waals surface area (Å²) in [5.74, 6) is 0.571. The van der Waals surface area contributed by atoms with Crippen LogP contribution in [0.2, 0.25) is 0 Å². The maximum atomic E-state index is 11.7. The van der Waals surface area contributed by atoms with Crippen LogP contribution < -0.4 is 0 Å². The molecule has 0 bridgehead atoms. The topological polar surface area (TPSA) is 66.8 Å². The van der Waals surface area contributed by atoms with Gasteiger partial charge in [0.25, 0.3) is 0 Å². The average Bonchev–Trinajstić information content (AvgIpc) is 2.80. The smallest absolute Gasteiger partial charge is 0.338 e. The van der Waals surface area contributed by atoms with E-state index in [4.69, 9.17) is 4.74 Å². The van der Waals surface area contributed by atoms with E-state index in [-0.39, 0.29) is 16.4 Å². The molecule has 4 atom stereocenters. The number of rotatable bonds is 2. The highest BCUT2D eigenvalue weighted by atomic mass is 32.2. The summed E-state index contributed by atoms with van der Waals surface area (Å²) in [5, 5.41) is 19.7. The van der Waals surface area contributed by atoms with E-state index in [0.717, 1.165) is 11.5 Å². The predicted octanol–water partition coefficient (Wildman–Crippen LogP) is 1.28. The summed E-state index contributed by atoms with van der Waals surface area (Å²) in [4.78, 5) is 11.7. The van der Waals surface area contributed by atoms with Crippen LogP contribution >= 0.6 is 23.5 Å². The Balaban J connectivity index is 2.30. The van der Waals surface area contributed by atoms with Crippen LogP contribution in [-0.2, 0) is 9.53 Å². The normalized spacial score (nSPS) is 43.8. The van der Waals surface area contributed by atoms with Gasteiger partial charge >= 0.3 is 5.97 Å². The van der Waals surface area contributed by atoms with Crippen molar-refractivity contribution in [2.75, 3.05) is 18.1 Å². The lowest BCUT2D eigenvalue weighted by Gasteiger charge is -2.46. The number of carboxylic acids is 1. The van der Waals surface area contributed by atoms with Crippen LogP contribution in [0.1, 0.15) is 13.8 Å². The summed E-state index contributed by atoms with van der Waals surface area (Å²) in [7, 11) is 0. The Morgan fingerprint density at radius 1 is 1.35 bits per heavy atom. The Kier molecular flexibility index (Phi) is 3.97. The Labute approximate surface area is 109 Å². The molecule has 4 unspecified atom stereocenters. The van der Waals surface area contributed by atoms with Gasteiger partial charge in [0.2, 0.25) is 0 Å². The first-order valence-electron chi connectivity index (χ1n) is 5.78. The number of thioether (sulfide) groups is 2. The average molecular weight is 278 g/mol. The molecule has 0 saturated carbocycles. The van der Waals surface area contributed by atoms with E-state index in [0.29, 0.717) is 6.61 Å². The highest BCUT2D eigenvalue weighted by Gasteiger charge is 2.58. The third-order valence-corrected chi connectivity index (χ3v) is 6.92. The lowest BCUT2D eigenvalue weighted by molar-refractivity contribution is -0.201. The van der Waals surface area contributed by atoms with Crippen LogP contribution in [0.4, 0.5) is 0 Å². The number of carboxylic acid groups (broad SMARTS) is 1. The van der Waals surface area contributed by atoms with Gasteiger partial charge < -0.3 is 14.9 Å². The van der Waals surface area contributed by atoms with E-state index in [1.807, 2.05) is 6.92 Å². The molecular formula is C11H18O4S2. The molecule has 2 N–H and O–H groups in total. The fourth-order valence-electron chi connectivity index (χ4n) is 2.49. The monoisotopic (exact) mass is 278 g/mol. The van der Waals surface area contributed by atoms with E-state index >= 15 is 0 Å². The number of ether oxygens (including phenoxy) is 1. The third-order valence-electron chi connectivity index (χ3n) is 3.66. The second kappa shape index (κ2) is 4.99. The van der Waals surface area contributed by atoms with E-state index in [1.165, 1.54) is 0 Å². The second-order valence-electron chi connectivity index (χ2n) is 4.74. The van der Waals surface area contributed by atoms with Crippen LogP contribution in [0.5, 0.6) is 0 Å². The van der Waals surface area contributed by atoms with Crippen molar-refractivity contribution < 1.29 is 19.7 Å². The van der Waals surface area contributed by atoms with Gasteiger partial charge in [-0.1, -0.05) is 13.8 Å². The van der Waals surface area contributed by atoms with Crippen molar-refractivity contribution in [2.45, 2.75) is 30.1 Å². The summed E-state index contributed by atoms with van der Waals surface area (Å²) < 4.78 is 5.59. The van der Waals surface area contributed by atoms with E-state index in [9.17, 15) is 15.0 Å². The van der Waals surface area contributed by atoms with Gasteiger partial charge in [-0.2, -0.15) is 0 Å². The first kappa shape index (κ1) is 13.5. The van der Waals surface area contributed by atoms with E-state index in [1.54, 1.807) is 30.4 Å². The molecule has 2 rings (SSSR count). The zero-order valence-electron chi connectivity index (χ0n) is 9.96. The number of aliphatic carboxylic acids is 1. The molecule has 17 heavy (non-hydrogen) atoms. The third kappa shape index (κ3) is 2.09. The van der Waals surface area contributed by atoms with Crippen molar-refractivity contribution in [1.82, 2.24) is 0 Å². The van der Waals surface area contributed by atoms with Crippen molar-refractivity contribution in [3.63, 3.8) is 0 Å². The number of carbonyl (C=O) groups is 1. The molecular weight excluding hydrogens is 260 g/mol. The number of aliphatic hydroxyl groups is 1.